The van der Waals surface area contributed by atoms with Crippen molar-refractivity contribution in [1.82, 2.24) is 9.29 Å². The Labute approximate surface area is 165 Å². The van der Waals surface area contributed by atoms with Crippen LogP contribution in [-0.2, 0) is 23.0 Å². The van der Waals surface area contributed by atoms with E-state index >= 15 is 0 Å². The predicted molar refractivity (Wildman–Crippen MR) is 101 cm³/mol. The van der Waals surface area contributed by atoms with Gasteiger partial charge in [-0.15, -0.1) is 0 Å². The molecule has 2 aromatic rings. The van der Waals surface area contributed by atoms with Crippen LogP contribution in [0.15, 0.2) is 24.4 Å². The summed E-state index contributed by atoms with van der Waals surface area (Å²) in [6.45, 7) is 1.66. The van der Waals surface area contributed by atoms with E-state index in [2.05, 4.69) is 4.72 Å². The third-order valence-corrected chi connectivity index (χ3v) is 6.46. The average molecular weight is 442 g/mol. The van der Waals surface area contributed by atoms with Crippen molar-refractivity contribution in [3.8, 4) is 0 Å². The van der Waals surface area contributed by atoms with Crippen molar-refractivity contribution in [2.45, 2.75) is 44.4 Å². The van der Waals surface area contributed by atoms with Gasteiger partial charge in [-0.25, -0.2) is 13.1 Å². The van der Waals surface area contributed by atoms with Crippen LogP contribution in [0, 0.1) is 5.92 Å². The van der Waals surface area contributed by atoms with Gasteiger partial charge in [-0.1, -0.05) is 17.6 Å². The van der Waals surface area contributed by atoms with Gasteiger partial charge in [-0.3, -0.25) is 0 Å². The van der Waals surface area contributed by atoms with Gasteiger partial charge >= 0.3 is 12.4 Å². The number of hydrogen-bond acceptors (Lipinski definition) is 2. The van der Waals surface area contributed by atoms with E-state index in [4.69, 9.17) is 0 Å². The minimum Gasteiger partial charge on any atom is -0.346 e. The van der Waals surface area contributed by atoms with E-state index in [1.807, 2.05) is 0 Å². The van der Waals surface area contributed by atoms with E-state index in [0.717, 1.165) is 4.57 Å². The Bertz CT molecular complexity index is 953. The van der Waals surface area contributed by atoms with Crippen LogP contribution in [0.2, 0.25) is 0 Å². The molecule has 12 heteroatoms. The van der Waals surface area contributed by atoms with Crippen molar-refractivity contribution >= 4 is 34.2 Å². The van der Waals surface area contributed by atoms with E-state index in [0.29, 0.717) is 16.4 Å². The third kappa shape index (κ3) is 5.68. The van der Waals surface area contributed by atoms with Gasteiger partial charge in [0.05, 0.1) is 5.25 Å². The van der Waals surface area contributed by atoms with Crippen LogP contribution in [0.1, 0.15) is 19.4 Å². The van der Waals surface area contributed by atoms with E-state index in [-0.39, 0.29) is 18.5 Å². The zero-order chi connectivity index (χ0) is 22.2. The maximum Gasteiger partial charge on any atom is 0.402 e. The molecule has 0 aliphatic heterocycles. The predicted octanol–water partition coefficient (Wildman–Crippen LogP) is 2.51. The van der Waals surface area contributed by atoms with Gasteiger partial charge in [0.25, 0.3) is 0 Å². The molecule has 0 unspecified atom stereocenters. The van der Waals surface area contributed by atoms with Crippen LogP contribution in [0.5, 0.6) is 0 Å². The minimum atomic E-state index is -5.44. The van der Waals surface area contributed by atoms with Crippen molar-refractivity contribution in [2.75, 3.05) is 6.54 Å². The van der Waals surface area contributed by atoms with Crippen molar-refractivity contribution in [3.05, 3.63) is 30.0 Å². The maximum absolute atomic E-state index is 13.0. The molecule has 0 fully saturated rings. The number of hydrogen-bond donors (Lipinski definition) is 1. The fourth-order valence-corrected chi connectivity index (χ4v) is 3.63. The van der Waals surface area contributed by atoms with Crippen molar-refractivity contribution in [3.63, 3.8) is 0 Å². The fraction of sp³-hybridized carbons (Fsp3) is 0.529. The molecular weight excluding hydrogens is 421 g/mol. The molecule has 1 heterocycles. The van der Waals surface area contributed by atoms with Gasteiger partial charge in [-0.2, -0.15) is 26.3 Å². The van der Waals surface area contributed by atoms with E-state index in [1.165, 1.54) is 26.1 Å². The molecule has 0 saturated heterocycles. The van der Waals surface area contributed by atoms with Crippen LogP contribution in [0.3, 0.4) is 0 Å². The number of alkyl halides is 6. The second-order valence-electron chi connectivity index (χ2n) is 7.20. The normalized spacial score (nSPS) is 13.7. The van der Waals surface area contributed by atoms with Crippen LogP contribution >= 0.6 is 0 Å². The average Bonchev–Trinajstić information content (AvgIpc) is 2.87. The summed E-state index contributed by atoms with van der Waals surface area (Å²) in [6.07, 6.45) is -9.52. The molecule has 29 heavy (non-hydrogen) atoms. The Morgan fingerprint density at radius 2 is 1.69 bits per heavy atom. The molecule has 0 aliphatic carbocycles. The molecule has 0 saturated carbocycles. The Balaban J connectivity index is 2.38. The number of aromatic nitrogens is 1. The molecule has 1 aromatic carbocycles. The summed E-state index contributed by atoms with van der Waals surface area (Å²) in [5.41, 5.74) is 1.39. The highest BCUT2D eigenvalue weighted by Gasteiger charge is 2.56. The Hall–Kier alpha value is -1.69. The standard InChI is InChI=1S/C17H21BF6N2O2S/c1-10(2)29(27,28)25-6-5-11-8-26(14-7-12(18)3-4-13(11)14)9-15(16(19,20)21)17(22,23)24/h3-4,7-8,10,15,25H,5-6,9,18H2,1-2H3. The number of fused-ring (bicyclic) bond motifs is 1. The Morgan fingerprint density at radius 3 is 2.21 bits per heavy atom. The van der Waals surface area contributed by atoms with Gasteiger partial charge in [0.2, 0.25) is 10.0 Å². The summed E-state index contributed by atoms with van der Waals surface area (Å²) in [4.78, 5) is 0. The van der Waals surface area contributed by atoms with E-state index < -0.39 is 40.1 Å². The molecule has 1 N–H and O–H groups in total. The number of halogens is 6. The van der Waals surface area contributed by atoms with E-state index in [1.54, 1.807) is 20.0 Å². The number of rotatable bonds is 7. The van der Waals surface area contributed by atoms with Crippen LogP contribution in [0.25, 0.3) is 10.9 Å². The second kappa shape index (κ2) is 8.21. The first kappa shape index (κ1) is 23.6. The topological polar surface area (TPSA) is 51.1 Å². The zero-order valence-electron chi connectivity index (χ0n) is 16.0. The smallest absolute Gasteiger partial charge is 0.346 e. The van der Waals surface area contributed by atoms with Gasteiger partial charge < -0.3 is 4.57 Å². The van der Waals surface area contributed by atoms with Gasteiger partial charge in [0, 0.05) is 30.2 Å². The summed E-state index contributed by atoms with van der Waals surface area (Å²) in [7, 11) is -1.85. The van der Waals surface area contributed by atoms with Crippen molar-refractivity contribution in [1.29, 1.82) is 0 Å². The molecule has 4 nitrogen and oxygen atoms in total. The summed E-state index contributed by atoms with van der Waals surface area (Å²) in [5.74, 6) is -3.50. The lowest BCUT2D eigenvalue weighted by molar-refractivity contribution is -0.287. The molecule has 0 bridgehead atoms. The molecular formula is C17H21BF6N2O2S. The van der Waals surface area contributed by atoms with Crippen molar-refractivity contribution in [2.24, 2.45) is 5.92 Å². The molecule has 2 rings (SSSR count). The zero-order valence-corrected chi connectivity index (χ0v) is 16.8. The molecule has 1 aromatic heterocycles. The van der Waals surface area contributed by atoms with E-state index in [9.17, 15) is 34.8 Å². The van der Waals surface area contributed by atoms with Crippen LogP contribution in [0.4, 0.5) is 26.3 Å². The number of benzene rings is 1. The minimum absolute atomic E-state index is 0.0184. The first-order chi connectivity index (χ1) is 13.1. The summed E-state index contributed by atoms with van der Waals surface area (Å²) >= 11 is 0. The maximum atomic E-state index is 13.0. The second-order valence-corrected chi connectivity index (χ2v) is 9.52. The lowest BCUT2D eigenvalue weighted by atomic mass is 9.94. The lowest BCUT2D eigenvalue weighted by Gasteiger charge is -2.23. The Morgan fingerprint density at radius 1 is 1.10 bits per heavy atom. The molecule has 0 amide bonds. The van der Waals surface area contributed by atoms with Crippen LogP contribution < -0.4 is 10.2 Å². The largest absolute Gasteiger partial charge is 0.402 e. The molecule has 0 spiro atoms. The third-order valence-electron chi connectivity index (χ3n) is 4.61. The lowest BCUT2D eigenvalue weighted by Crippen LogP contribution is -2.39. The van der Waals surface area contributed by atoms with Gasteiger partial charge in [0.1, 0.15) is 7.85 Å². The summed E-state index contributed by atoms with van der Waals surface area (Å²) in [5, 5.41) is -0.173. The summed E-state index contributed by atoms with van der Waals surface area (Å²) < 4.78 is 105. The molecule has 0 aliphatic rings. The molecule has 0 radical (unpaired) electrons. The van der Waals surface area contributed by atoms with Crippen LogP contribution in [-0.4, -0.2) is 45.0 Å². The summed E-state index contributed by atoms with van der Waals surface area (Å²) in [6, 6.07) is 4.82. The first-order valence-corrected chi connectivity index (χ1v) is 10.4. The molecule has 162 valence electrons. The highest BCUT2D eigenvalue weighted by atomic mass is 32.2. The number of nitrogens with zero attached hydrogens (tertiary/aromatic N) is 1. The fourth-order valence-electron chi connectivity index (χ4n) is 2.91. The number of sulfonamides is 1. The SMILES string of the molecule is Bc1ccc2c(CCNS(=O)(=O)C(C)C)cn(CC(C(F)(F)F)C(F)(F)F)c2c1. The first-order valence-electron chi connectivity index (χ1n) is 8.83. The van der Waals surface area contributed by atoms with Crippen molar-refractivity contribution < 1.29 is 34.8 Å². The highest BCUT2D eigenvalue weighted by Crippen LogP contribution is 2.41. The quantitative estimate of drug-likeness (QED) is 0.530. The van der Waals surface area contributed by atoms with Gasteiger partial charge in [-0.05, 0) is 31.9 Å². The Kier molecular flexibility index (Phi) is 6.68. The molecule has 0 atom stereocenters. The number of nitrogens with one attached hydrogen (secondary N) is 1. The van der Waals surface area contributed by atoms with Gasteiger partial charge in [0.15, 0.2) is 5.92 Å². The highest BCUT2D eigenvalue weighted by molar-refractivity contribution is 7.90. The monoisotopic (exact) mass is 442 g/mol.